The normalized spacial score (nSPS) is 15.7. The number of alkyl halides is 3. The lowest BCUT2D eigenvalue weighted by molar-refractivity contribution is -0.127. The van der Waals surface area contributed by atoms with Gasteiger partial charge in [-0.1, -0.05) is 12.2 Å². The van der Waals surface area contributed by atoms with Gasteiger partial charge in [0.2, 0.25) is 0 Å². The van der Waals surface area contributed by atoms with Gasteiger partial charge in [-0.15, -0.1) is 0 Å². The standard InChI is InChI=1S/C10H7ClF3NO2S/c11-18(16,17)8-3-4-9-7(6-8)2-1-5-15(9)10(12,13)14/h1-4,6H,5H2. The molecule has 0 saturated heterocycles. The van der Waals surface area contributed by atoms with Gasteiger partial charge in [0.15, 0.2) is 0 Å². The van der Waals surface area contributed by atoms with Gasteiger partial charge in [-0.05, 0) is 23.8 Å². The monoisotopic (exact) mass is 297 g/mol. The lowest BCUT2D eigenvalue weighted by atomic mass is 10.1. The SMILES string of the molecule is O=S(=O)(Cl)c1ccc2c(c1)C=CCN2C(F)(F)F. The van der Waals surface area contributed by atoms with Gasteiger partial charge in [0.25, 0.3) is 9.05 Å². The predicted octanol–water partition coefficient (Wildman–Crippen LogP) is 2.97. The van der Waals surface area contributed by atoms with Crippen molar-refractivity contribution in [2.24, 2.45) is 0 Å². The zero-order chi connectivity index (χ0) is 13.6. The number of nitrogens with zero attached hydrogens (tertiary/aromatic N) is 1. The van der Waals surface area contributed by atoms with Crippen molar-refractivity contribution in [3.8, 4) is 0 Å². The molecule has 98 valence electrons. The summed E-state index contributed by atoms with van der Waals surface area (Å²) in [6.07, 6.45) is -1.77. The Hall–Kier alpha value is -1.21. The molecule has 0 atom stereocenters. The van der Waals surface area contributed by atoms with E-state index in [1.807, 2.05) is 0 Å². The van der Waals surface area contributed by atoms with E-state index in [-0.39, 0.29) is 27.6 Å². The molecule has 1 aromatic rings. The van der Waals surface area contributed by atoms with Crippen LogP contribution in [0.15, 0.2) is 29.2 Å². The Balaban J connectivity index is 2.54. The van der Waals surface area contributed by atoms with E-state index in [4.69, 9.17) is 10.7 Å². The molecule has 3 nitrogen and oxygen atoms in total. The van der Waals surface area contributed by atoms with Crippen LogP contribution in [0.3, 0.4) is 0 Å². The van der Waals surface area contributed by atoms with E-state index in [9.17, 15) is 21.6 Å². The van der Waals surface area contributed by atoms with Crippen molar-refractivity contribution in [2.75, 3.05) is 11.4 Å². The van der Waals surface area contributed by atoms with Crippen molar-refractivity contribution in [2.45, 2.75) is 11.2 Å². The number of hydrogen-bond acceptors (Lipinski definition) is 3. The van der Waals surface area contributed by atoms with Crippen LogP contribution >= 0.6 is 10.7 Å². The summed E-state index contributed by atoms with van der Waals surface area (Å²) < 4.78 is 60.3. The van der Waals surface area contributed by atoms with E-state index in [2.05, 4.69) is 0 Å². The molecule has 18 heavy (non-hydrogen) atoms. The quantitative estimate of drug-likeness (QED) is 0.591. The summed E-state index contributed by atoms with van der Waals surface area (Å²) in [5.41, 5.74) is 0.0781. The third kappa shape index (κ3) is 2.46. The van der Waals surface area contributed by atoms with Gasteiger partial charge < -0.3 is 0 Å². The Kier molecular flexibility index (Phi) is 3.06. The second-order valence-corrected chi connectivity index (χ2v) is 6.21. The summed E-state index contributed by atoms with van der Waals surface area (Å²) in [4.78, 5) is 0.00375. The van der Waals surface area contributed by atoms with Gasteiger partial charge >= 0.3 is 6.30 Å². The maximum atomic E-state index is 12.7. The van der Waals surface area contributed by atoms with E-state index in [1.54, 1.807) is 0 Å². The van der Waals surface area contributed by atoms with Crippen molar-refractivity contribution in [1.82, 2.24) is 0 Å². The Morgan fingerprint density at radius 3 is 2.50 bits per heavy atom. The van der Waals surface area contributed by atoms with Crippen molar-refractivity contribution in [1.29, 1.82) is 0 Å². The molecule has 0 aliphatic carbocycles. The maximum Gasteiger partial charge on any atom is 0.485 e. The molecule has 0 amide bonds. The minimum atomic E-state index is -4.51. The molecular weight excluding hydrogens is 291 g/mol. The topological polar surface area (TPSA) is 37.4 Å². The van der Waals surface area contributed by atoms with Gasteiger partial charge in [-0.2, -0.15) is 13.2 Å². The number of rotatable bonds is 1. The Morgan fingerprint density at radius 2 is 1.94 bits per heavy atom. The van der Waals surface area contributed by atoms with Gasteiger partial charge in [-0.25, -0.2) is 8.42 Å². The first-order valence-corrected chi connectivity index (χ1v) is 7.10. The summed E-state index contributed by atoms with van der Waals surface area (Å²) in [5.74, 6) is 0. The second-order valence-electron chi connectivity index (χ2n) is 3.64. The van der Waals surface area contributed by atoms with E-state index in [0.29, 0.717) is 0 Å². The van der Waals surface area contributed by atoms with Gasteiger partial charge in [0, 0.05) is 17.2 Å². The van der Waals surface area contributed by atoms with Crippen LogP contribution in [0.2, 0.25) is 0 Å². The summed E-state index contributed by atoms with van der Waals surface area (Å²) >= 11 is 0. The first-order valence-electron chi connectivity index (χ1n) is 4.79. The molecule has 0 saturated carbocycles. The van der Waals surface area contributed by atoms with Crippen LogP contribution in [-0.4, -0.2) is 21.3 Å². The molecule has 0 radical (unpaired) electrons. The predicted molar refractivity (Wildman–Crippen MR) is 61.9 cm³/mol. The van der Waals surface area contributed by atoms with Crippen LogP contribution in [0.25, 0.3) is 6.08 Å². The highest BCUT2D eigenvalue weighted by molar-refractivity contribution is 8.13. The minimum Gasteiger partial charge on any atom is -0.280 e. The van der Waals surface area contributed by atoms with Gasteiger partial charge in [-0.3, -0.25) is 4.90 Å². The number of hydrogen-bond donors (Lipinski definition) is 0. The molecular formula is C10H7ClF3NO2S. The lowest BCUT2D eigenvalue weighted by Gasteiger charge is -2.29. The smallest absolute Gasteiger partial charge is 0.280 e. The molecule has 1 heterocycles. The third-order valence-electron chi connectivity index (χ3n) is 2.46. The Morgan fingerprint density at radius 1 is 1.28 bits per heavy atom. The minimum absolute atomic E-state index is 0.0888. The first-order chi connectivity index (χ1) is 8.19. The fourth-order valence-electron chi connectivity index (χ4n) is 1.69. The van der Waals surface area contributed by atoms with Crippen molar-refractivity contribution in [3.63, 3.8) is 0 Å². The second kappa shape index (κ2) is 4.17. The van der Waals surface area contributed by atoms with E-state index >= 15 is 0 Å². The molecule has 2 rings (SSSR count). The average molecular weight is 298 g/mol. The number of anilines is 1. The molecule has 0 aromatic heterocycles. The van der Waals surface area contributed by atoms with Crippen LogP contribution in [0.4, 0.5) is 18.9 Å². The van der Waals surface area contributed by atoms with Gasteiger partial charge in [0.05, 0.1) is 10.6 Å². The maximum absolute atomic E-state index is 12.7. The van der Waals surface area contributed by atoms with Crippen LogP contribution in [-0.2, 0) is 9.05 Å². The molecule has 0 bridgehead atoms. The highest BCUT2D eigenvalue weighted by Crippen LogP contribution is 2.35. The fourth-order valence-corrected chi connectivity index (χ4v) is 2.47. The summed E-state index contributed by atoms with van der Waals surface area (Å²) in [5, 5.41) is 0. The van der Waals surface area contributed by atoms with Crippen molar-refractivity contribution < 1.29 is 21.6 Å². The largest absolute Gasteiger partial charge is 0.485 e. The van der Waals surface area contributed by atoms with E-state index in [1.165, 1.54) is 12.2 Å². The molecule has 0 spiro atoms. The van der Waals surface area contributed by atoms with Crippen LogP contribution in [0.1, 0.15) is 5.56 Å². The first kappa shape index (κ1) is 13.2. The molecule has 0 N–H and O–H groups in total. The number of fused-ring (bicyclic) bond motifs is 1. The van der Waals surface area contributed by atoms with Crippen molar-refractivity contribution in [3.05, 3.63) is 29.8 Å². The summed E-state index contributed by atoms with van der Waals surface area (Å²) in [6, 6.07) is 3.27. The Bertz CT molecular complexity index is 610. The van der Waals surface area contributed by atoms with Crippen LogP contribution in [0.5, 0.6) is 0 Å². The molecule has 1 aliphatic heterocycles. The van der Waals surface area contributed by atoms with Crippen LogP contribution < -0.4 is 4.90 Å². The summed E-state index contributed by atoms with van der Waals surface area (Å²) in [6.45, 7) is -0.302. The molecule has 8 heteroatoms. The molecule has 1 aliphatic rings. The van der Waals surface area contributed by atoms with Crippen LogP contribution in [0, 0.1) is 0 Å². The fraction of sp³-hybridized carbons (Fsp3) is 0.200. The number of benzene rings is 1. The van der Waals surface area contributed by atoms with Crippen molar-refractivity contribution >= 4 is 31.5 Å². The van der Waals surface area contributed by atoms with E-state index in [0.717, 1.165) is 18.2 Å². The van der Waals surface area contributed by atoms with Gasteiger partial charge in [0.1, 0.15) is 0 Å². The number of halogens is 4. The van der Waals surface area contributed by atoms with E-state index < -0.39 is 15.4 Å². The molecule has 0 fully saturated rings. The molecule has 0 unspecified atom stereocenters. The highest BCUT2D eigenvalue weighted by Gasteiger charge is 2.38. The lowest BCUT2D eigenvalue weighted by Crippen LogP contribution is -2.39. The average Bonchev–Trinajstić information content (AvgIpc) is 2.25. The third-order valence-corrected chi connectivity index (χ3v) is 3.81. The zero-order valence-corrected chi connectivity index (χ0v) is 10.4. The highest BCUT2D eigenvalue weighted by atomic mass is 35.7. The zero-order valence-electron chi connectivity index (χ0n) is 8.78. The Labute approximate surface area is 106 Å². The summed E-state index contributed by atoms with van der Waals surface area (Å²) in [7, 11) is 1.19. The molecule has 1 aromatic carbocycles.